The Kier molecular flexibility index (Phi) is 5.94. The van der Waals surface area contributed by atoms with Gasteiger partial charge in [0.15, 0.2) is 0 Å². The van der Waals surface area contributed by atoms with Gasteiger partial charge in [-0.15, -0.1) is 6.58 Å². The molecule has 4 nitrogen and oxygen atoms in total. The van der Waals surface area contributed by atoms with Gasteiger partial charge in [-0.1, -0.05) is 6.08 Å². The number of hydrogen-bond acceptors (Lipinski definition) is 4. The average Bonchev–Trinajstić information content (AvgIpc) is 2.37. The van der Waals surface area contributed by atoms with Crippen molar-refractivity contribution in [3.05, 3.63) is 60.9 Å². The van der Waals surface area contributed by atoms with Crippen molar-refractivity contribution in [2.24, 2.45) is 0 Å². The second kappa shape index (κ2) is 7.75. The minimum absolute atomic E-state index is 0.213. The number of nitrogen functional groups attached to an aromatic ring is 1. The predicted molar refractivity (Wildman–Crippen MR) is 71.5 cm³/mol. The highest BCUT2D eigenvalue weighted by Crippen LogP contribution is 2.03. The Morgan fingerprint density at radius 3 is 2.26 bits per heavy atom. The van der Waals surface area contributed by atoms with Crippen molar-refractivity contribution < 1.29 is 8.78 Å². The van der Waals surface area contributed by atoms with Gasteiger partial charge in [-0.05, 0) is 12.1 Å². The van der Waals surface area contributed by atoms with Crippen molar-refractivity contribution in [1.82, 2.24) is 9.97 Å². The highest BCUT2D eigenvalue weighted by atomic mass is 19.1. The maximum absolute atomic E-state index is 12.5. The molecule has 0 aliphatic carbocycles. The number of pyridine rings is 2. The highest BCUT2D eigenvalue weighted by Gasteiger charge is 1.92. The van der Waals surface area contributed by atoms with E-state index in [1.807, 2.05) is 0 Å². The summed E-state index contributed by atoms with van der Waals surface area (Å²) in [5.74, 6) is 0.110. The van der Waals surface area contributed by atoms with Crippen molar-refractivity contribution >= 4 is 11.6 Å². The molecule has 0 saturated carbocycles. The van der Waals surface area contributed by atoms with Crippen molar-refractivity contribution in [3.8, 4) is 0 Å². The first-order valence-electron chi connectivity index (χ1n) is 5.45. The Hall–Kier alpha value is -2.50. The normalized spacial score (nSPS) is 9.16. The average molecular weight is 264 g/mol. The lowest BCUT2D eigenvalue weighted by Gasteiger charge is -1.99. The third-order valence-corrected chi connectivity index (χ3v) is 1.89. The second-order valence-electron chi connectivity index (χ2n) is 3.43. The smallest absolute Gasteiger partial charge is 0.129 e. The lowest BCUT2D eigenvalue weighted by atomic mass is 10.4. The molecule has 0 radical (unpaired) electrons. The Labute approximate surface area is 110 Å². The Morgan fingerprint density at radius 2 is 1.79 bits per heavy atom. The topological polar surface area (TPSA) is 63.8 Å². The summed E-state index contributed by atoms with van der Waals surface area (Å²) in [6.07, 6.45) is 4.43. The van der Waals surface area contributed by atoms with E-state index in [1.165, 1.54) is 36.7 Å². The molecule has 0 aliphatic rings. The van der Waals surface area contributed by atoms with Crippen LogP contribution in [0.5, 0.6) is 0 Å². The van der Waals surface area contributed by atoms with E-state index in [-0.39, 0.29) is 17.5 Å². The zero-order valence-corrected chi connectivity index (χ0v) is 10.2. The number of nitrogens with zero attached hydrogens (tertiary/aromatic N) is 2. The molecule has 2 heterocycles. The largest absolute Gasteiger partial charge is 0.384 e. The number of nitrogens with two attached hydrogens (primary N) is 1. The molecular formula is C13H14F2N4. The molecule has 100 valence electrons. The predicted octanol–water partition coefficient (Wildman–Crippen LogP) is 2.62. The molecular weight excluding hydrogens is 250 g/mol. The van der Waals surface area contributed by atoms with Gasteiger partial charge in [0, 0.05) is 31.1 Å². The van der Waals surface area contributed by atoms with E-state index in [2.05, 4.69) is 21.9 Å². The van der Waals surface area contributed by atoms with Crippen LogP contribution < -0.4 is 11.1 Å². The molecule has 0 spiro atoms. The van der Waals surface area contributed by atoms with Gasteiger partial charge >= 0.3 is 0 Å². The summed E-state index contributed by atoms with van der Waals surface area (Å²) in [4.78, 5) is 7.46. The summed E-state index contributed by atoms with van der Waals surface area (Å²) in [5, 5.41) is 2.87. The monoisotopic (exact) mass is 264 g/mol. The highest BCUT2D eigenvalue weighted by molar-refractivity contribution is 5.34. The van der Waals surface area contributed by atoms with E-state index in [9.17, 15) is 8.78 Å². The first-order valence-corrected chi connectivity index (χ1v) is 5.45. The Bertz CT molecular complexity index is 514. The van der Waals surface area contributed by atoms with Gasteiger partial charge in [0.05, 0.1) is 0 Å². The summed E-state index contributed by atoms with van der Waals surface area (Å²) in [5.41, 5.74) is 5.11. The van der Waals surface area contributed by atoms with Crippen LogP contribution in [0.1, 0.15) is 0 Å². The fourth-order valence-electron chi connectivity index (χ4n) is 1.10. The standard InChI is InChI=1S/C8H9FN2.C5H5FN2/c1-2-4-10-8-6-7(9)3-5-11-8;6-4-1-2-8-5(7)3-4/h2-3,5-6H,1,4H2,(H,10,11);1-3H,(H2,7,8). The first kappa shape index (κ1) is 14.6. The van der Waals surface area contributed by atoms with Crippen LogP contribution in [0.15, 0.2) is 49.3 Å². The van der Waals surface area contributed by atoms with Crippen LogP contribution in [0, 0.1) is 11.6 Å². The summed E-state index contributed by atoms with van der Waals surface area (Å²) >= 11 is 0. The van der Waals surface area contributed by atoms with Gasteiger partial charge in [-0.25, -0.2) is 18.7 Å². The van der Waals surface area contributed by atoms with Crippen LogP contribution in [0.4, 0.5) is 20.4 Å². The van der Waals surface area contributed by atoms with E-state index >= 15 is 0 Å². The van der Waals surface area contributed by atoms with Crippen LogP contribution in [0.2, 0.25) is 0 Å². The molecule has 3 N–H and O–H groups in total. The number of halogens is 2. The van der Waals surface area contributed by atoms with Gasteiger partial charge in [-0.2, -0.15) is 0 Å². The number of anilines is 2. The third kappa shape index (κ3) is 6.11. The summed E-state index contributed by atoms with van der Waals surface area (Å²) < 4.78 is 24.5. The molecule has 19 heavy (non-hydrogen) atoms. The van der Waals surface area contributed by atoms with Crippen molar-refractivity contribution in [2.75, 3.05) is 17.6 Å². The number of nitrogens with one attached hydrogen (secondary N) is 1. The van der Waals surface area contributed by atoms with Crippen molar-refractivity contribution in [2.45, 2.75) is 0 Å². The van der Waals surface area contributed by atoms with E-state index < -0.39 is 0 Å². The molecule has 0 amide bonds. The summed E-state index contributed by atoms with van der Waals surface area (Å²) in [7, 11) is 0. The summed E-state index contributed by atoms with van der Waals surface area (Å²) in [6, 6.07) is 5.05. The lowest BCUT2D eigenvalue weighted by Crippen LogP contribution is -1.99. The SMILES string of the molecule is C=CCNc1cc(F)ccn1.Nc1cc(F)ccn1. The van der Waals surface area contributed by atoms with E-state index in [4.69, 9.17) is 5.73 Å². The van der Waals surface area contributed by atoms with Gasteiger partial charge in [0.2, 0.25) is 0 Å². The molecule has 0 atom stereocenters. The molecule has 0 aliphatic heterocycles. The molecule has 6 heteroatoms. The first-order chi connectivity index (χ1) is 9.11. The quantitative estimate of drug-likeness (QED) is 0.836. The fraction of sp³-hybridized carbons (Fsp3) is 0.0769. The second-order valence-corrected chi connectivity index (χ2v) is 3.43. The number of aromatic nitrogens is 2. The van der Waals surface area contributed by atoms with Crippen LogP contribution >= 0.6 is 0 Å². The van der Waals surface area contributed by atoms with Gasteiger partial charge in [0.1, 0.15) is 23.3 Å². The third-order valence-electron chi connectivity index (χ3n) is 1.89. The van der Waals surface area contributed by atoms with Gasteiger partial charge in [-0.3, -0.25) is 0 Å². The van der Waals surface area contributed by atoms with Crippen molar-refractivity contribution in [3.63, 3.8) is 0 Å². The molecule has 0 saturated heterocycles. The number of rotatable bonds is 3. The molecule has 2 rings (SSSR count). The Balaban J connectivity index is 0.000000200. The van der Waals surface area contributed by atoms with Crippen LogP contribution in [0.25, 0.3) is 0 Å². The maximum Gasteiger partial charge on any atom is 0.129 e. The Morgan fingerprint density at radius 1 is 1.16 bits per heavy atom. The lowest BCUT2D eigenvalue weighted by molar-refractivity contribution is 0.626. The zero-order chi connectivity index (χ0) is 14.1. The molecule has 0 bridgehead atoms. The molecule has 2 aromatic rings. The van der Waals surface area contributed by atoms with E-state index in [0.717, 1.165) is 0 Å². The molecule has 2 aromatic heterocycles. The number of hydrogen-bond donors (Lipinski definition) is 2. The molecule has 0 fully saturated rings. The van der Waals surface area contributed by atoms with Crippen LogP contribution in [0.3, 0.4) is 0 Å². The minimum atomic E-state index is -0.350. The van der Waals surface area contributed by atoms with Crippen LogP contribution in [-0.4, -0.2) is 16.5 Å². The fourth-order valence-corrected chi connectivity index (χ4v) is 1.10. The maximum atomic E-state index is 12.5. The summed E-state index contributed by atoms with van der Waals surface area (Å²) in [6.45, 7) is 4.11. The molecule has 0 aromatic carbocycles. The minimum Gasteiger partial charge on any atom is -0.384 e. The van der Waals surface area contributed by atoms with Crippen LogP contribution in [-0.2, 0) is 0 Å². The van der Waals surface area contributed by atoms with Crippen molar-refractivity contribution in [1.29, 1.82) is 0 Å². The van der Waals surface area contributed by atoms with Gasteiger partial charge in [0.25, 0.3) is 0 Å². The van der Waals surface area contributed by atoms with E-state index in [0.29, 0.717) is 12.4 Å². The zero-order valence-electron chi connectivity index (χ0n) is 10.2. The molecule has 0 unspecified atom stereocenters. The van der Waals surface area contributed by atoms with E-state index in [1.54, 1.807) is 6.08 Å². The van der Waals surface area contributed by atoms with Gasteiger partial charge < -0.3 is 11.1 Å².